The molecule has 68 valence electrons. The molecule has 1 aromatic heterocycles. The maximum Gasteiger partial charge on any atom is 0.148 e. The first-order chi connectivity index (χ1) is 6.33. The summed E-state index contributed by atoms with van der Waals surface area (Å²) in [5.41, 5.74) is 1.91. The molecule has 0 aliphatic carbocycles. The van der Waals surface area contributed by atoms with Gasteiger partial charge in [-0.2, -0.15) is 0 Å². The summed E-state index contributed by atoms with van der Waals surface area (Å²) in [6, 6.07) is 5.89. The first-order valence-corrected chi connectivity index (χ1v) is 4.87. The summed E-state index contributed by atoms with van der Waals surface area (Å²) in [4.78, 5) is 0. The fraction of sp³-hybridized carbons (Fsp3) is 0.200. The van der Waals surface area contributed by atoms with Crippen LogP contribution in [-0.2, 0) is 6.42 Å². The van der Waals surface area contributed by atoms with Crippen LogP contribution in [0, 0.1) is 0 Å². The number of benzene rings is 1. The Hall–Kier alpha value is -0.800. The van der Waals surface area contributed by atoms with Gasteiger partial charge >= 0.3 is 0 Å². The first-order valence-electron chi connectivity index (χ1n) is 4.08. The van der Waals surface area contributed by atoms with Gasteiger partial charge in [-0.15, -0.1) is 0 Å². The molecule has 0 saturated heterocycles. The van der Waals surface area contributed by atoms with Gasteiger partial charge in [0, 0.05) is 17.6 Å². The predicted octanol–water partition coefficient (Wildman–Crippen LogP) is 2.73. The van der Waals surface area contributed by atoms with Crippen molar-refractivity contribution in [2.24, 2.45) is 0 Å². The lowest BCUT2D eigenvalue weighted by molar-refractivity contribution is 0.299. The van der Waals surface area contributed by atoms with Crippen LogP contribution in [0.15, 0.2) is 33.4 Å². The lowest BCUT2D eigenvalue weighted by Gasteiger charge is -1.94. The summed E-state index contributed by atoms with van der Waals surface area (Å²) >= 11 is 3.41. The third-order valence-electron chi connectivity index (χ3n) is 2.01. The minimum Gasteiger partial charge on any atom is -0.463 e. The van der Waals surface area contributed by atoms with Gasteiger partial charge in [-0.25, -0.2) is 0 Å². The van der Waals surface area contributed by atoms with Crippen molar-refractivity contribution in [3.05, 3.63) is 34.5 Å². The van der Waals surface area contributed by atoms with E-state index in [1.807, 2.05) is 18.2 Å². The highest BCUT2D eigenvalue weighted by Crippen LogP contribution is 2.28. The van der Waals surface area contributed by atoms with Crippen molar-refractivity contribution in [3.63, 3.8) is 0 Å². The van der Waals surface area contributed by atoms with Crippen molar-refractivity contribution in [1.29, 1.82) is 0 Å². The normalized spacial score (nSPS) is 10.9. The van der Waals surface area contributed by atoms with Crippen LogP contribution >= 0.6 is 15.9 Å². The Bertz CT molecular complexity index is 420. The number of furan rings is 1. The highest BCUT2D eigenvalue weighted by atomic mass is 79.9. The van der Waals surface area contributed by atoms with Gasteiger partial charge in [-0.05, 0) is 28.4 Å². The molecule has 2 rings (SSSR count). The van der Waals surface area contributed by atoms with Crippen LogP contribution in [0.3, 0.4) is 0 Å². The molecule has 0 atom stereocenters. The molecular formula is C10H9BrO2. The molecule has 1 N–H and O–H groups in total. The molecule has 0 spiro atoms. The number of para-hydroxylation sites is 1. The number of aliphatic hydroxyl groups excluding tert-OH is 1. The van der Waals surface area contributed by atoms with E-state index in [4.69, 9.17) is 9.52 Å². The molecule has 0 fully saturated rings. The zero-order valence-corrected chi connectivity index (χ0v) is 8.54. The fourth-order valence-electron chi connectivity index (χ4n) is 1.39. The molecule has 0 saturated carbocycles. The Morgan fingerprint density at radius 1 is 1.38 bits per heavy atom. The van der Waals surface area contributed by atoms with Crippen molar-refractivity contribution < 1.29 is 9.52 Å². The molecule has 0 amide bonds. The van der Waals surface area contributed by atoms with Gasteiger partial charge in [0.25, 0.3) is 0 Å². The van der Waals surface area contributed by atoms with E-state index >= 15 is 0 Å². The molecule has 0 radical (unpaired) electrons. The van der Waals surface area contributed by atoms with Crippen molar-refractivity contribution in [2.75, 3.05) is 6.61 Å². The van der Waals surface area contributed by atoms with Crippen LogP contribution in [-0.4, -0.2) is 11.7 Å². The van der Waals surface area contributed by atoms with Gasteiger partial charge in [0.05, 0.1) is 10.7 Å². The molecule has 0 aliphatic heterocycles. The van der Waals surface area contributed by atoms with Gasteiger partial charge in [0.15, 0.2) is 0 Å². The van der Waals surface area contributed by atoms with Crippen molar-refractivity contribution >= 4 is 26.9 Å². The van der Waals surface area contributed by atoms with Crippen LogP contribution in [0.25, 0.3) is 11.0 Å². The average Bonchev–Trinajstić information content (AvgIpc) is 2.51. The zero-order valence-electron chi connectivity index (χ0n) is 6.96. The molecule has 0 aliphatic rings. The summed E-state index contributed by atoms with van der Waals surface area (Å²) in [6.07, 6.45) is 2.34. The number of rotatable bonds is 2. The highest BCUT2D eigenvalue weighted by molar-refractivity contribution is 9.10. The molecule has 13 heavy (non-hydrogen) atoms. The van der Waals surface area contributed by atoms with E-state index in [1.165, 1.54) is 0 Å². The van der Waals surface area contributed by atoms with Crippen LogP contribution in [0.2, 0.25) is 0 Å². The molecule has 0 unspecified atom stereocenters. The smallest absolute Gasteiger partial charge is 0.148 e. The highest BCUT2D eigenvalue weighted by Gasteiger charge is 2.06. The van der Waals surface area contributed by atoms with E-state index in [9.17, 15) is 0 Å². The number of fused-ring (bicyclic) bond motifs is 1. The molecule has 3 heteroatoms. The Labute approximate surface area is 84.3 Å². The molecule has 1 aromatic carbocycles. The summed E-state index contributed by atoms with van der Waals surface area (Å²) in [5, 5.41) is 9.89. The number of hydrogen-bond donors (Lipinski definition) is 1. The van der Waals surface area contributed by atoms with Crippen LogP contribution in [0.1, 0.15) is 5.56 Å². The van der Waals surface area contributed by atoms with E-state index in [-0.39, 0.29) is 6.61 Å². The van der Waals surface area contributed by atoms with E-state index in [2.05, 4.69) is 15.9 Å². The molecule has 2 aromatic rings. The largest absolute Gasteiger partial charge is 0.463 e. The standard InChI is InChI=1S/C10H9BrO2/c11-9-3-1-2-8-7(4-5-12)6-13-10(8)9/h1-3,6,12H,4-5H2. The van der Waals surface area contributed by atoms with E-state index in [0.717, 1.165) is 21.0 Å². The van der Waals surface area contributed by atoms with Gasteiger partial charge < -0.3 is 9.52 Å². The Kier molecular flexibility index (Phi) is 2.38. The summed E-state index contributed by atoms with van der Waals surface area (Å²) < 4.78 is 6.33. The lowest BCUT2D eigenvalue weighted by atomic mass is 10.1. The second kappa shape index (κ2) is 3.52. The van der Waals surface area contributed by atoms with E-state index in [1.54, 1.807) is 6.26 Å². The minimum absolute atomic E-state index is 0.154. The summed E-state index contributed by atoms with van der Waals surface area (Å²) in [5.74, 6) is 0. The monoisotopic (exact) mass is 240 g/mol. The Balaban J connectivity index is 2.61. The summed E-state index contributed by atoms with van der Waals surface area (Å²) in [6.45, 7) is 0.154. The van der Waals surface area contributed by atoms with E-state index in [0.29, 0.717) is 6.42 Å². The predicted molar refractivity (Wildman–Crippen MR) is 54.7 cm³/mol. The van der Waals surface area contributed by atoms with Gasteiger partial charge in [0.2, 0.25) is 0 Å². The topological polar surface area (TPSA) is 33.4 Å². The number of aliphatic hydroxyl groups is 1. The number of hydrogen-bond acceptors (Lipinski definition) is 2. The third kappa shape index (κ3) is 1.49. The lowest BCUT2D eigenvalue weighted by Crippen LogP contribution is -1.87. The second-order valence-electron chi connectivity index (χ2n) is 2.85. The van der Waals surface area contributed by atoms with Gasteiger partial charge in [-0.1, -0.05) is 12.1 Å². The van der Waals surface area contributed by atoms with Crippen LogP contribution in [0.4, 0.5) is 0 Å². The maximum absolute atomic E-state index is 8.81. The molecular weight excluding hydrogens is 232 g/mol. The Morgan fingerprint density at radius 3 is 3.00 bits per heavy atom. The maximum atomic E-state index is 8.81. The minimum atomic E-state index is 0.154. The first kappa shape index (κ1) is 8.78. The molecule has 2 nitrogen and oxygen atoms in total. The van der Waals surface area contributed by atoms with Crippen LogP contribution < -0.4 is 0 Å². The van der Waals surface area contributed by atoms with Crippen molar-refractivity contribution in [3.8, 4) is 0 Å². The summed E-state index contributed by atoms with van der Waals surface area (Å²) in [7, 11) is 0. The third-order valence-corrected chi connectivity index (χ3v) is 2.64. The second-order valence-corrected chi connectivity index (χ2v) is 3.71. The van der Waals surface area contributed by atoms with Crippen molar-refractivity contribution in [2.45, 2.75) is 6.42 Å². The van der Waals surface area contributed by atoms with Crippen LogP contribution in [0.5, 0.6) is 0 Å². The molecule has 0 bridgehead atoms. The van der Waals surface area contributed by atoms with Gasteiger partial charge in [0.1, 0.15) is 5.58 Å². The Morgan fingerprint density at radius 2 is 2.23 bits per heavy atom. The average molecular weight is 241 g/mol. The van der Waals surface area contributed by atoms with Crippen molar-refractivity contribution in [1.82, 2.24) is 0 Å². The quantitative estimate of drug-likeness (QED) is 0.876. The SMILES string of the molecule is OCCc1coc2c(Br)cccc12. The number of halogens is 1. The fourth-order valence-corrected chi connectivity index (χ4v) is 1.85. The zero-order chi connectivity index (χ0) is 9.26. The van der Waals surface area contributed by atoms with Gasteiger partial charge in [-0.3, -0.25) is 0 Å². The molecule has 1 heterocycles. The van der Waals surface area contributed by atoms with E-state index < -0.39 is 0 Å².